The lowest BCUT2D eigenvalue weighted by molar-refractivity contribution is -0.152. The number of nitrogens with one attached hydrogen (secondary N) is 1. The number of aliphatic hydroxyl groups is 2. The predicted molar refractivity (Wildman–Crippen MR) is 166 cm³/mol. The lowest BCUT2D eigenvalue weighted by atomic mass is 9.87. The topological polar surface area (TPSA) is 186 Å². The zero-order valence-electron chi connectivity index (χ0n) is 25.9. The highest BCUT2D eigenvalue weighted by molar-refractivity contribution is 7.45. The fraction of sp³-hybridized carbons (Fsp3) is 0.548. The molecule has 1 aromatic carbocycles. The number of benzene rings is 1. The van der Waals surface area contributed by atoms with E-state index in [9.17, 15) is 20.3 Å². The van der Waals surface area contributed by atoms with Gasteiger partial charge in [-0.25, -0.2) is 14.6 Å². The predicted octanol–water partition coefficient (Wildman–Crippen LogP) is 3.62. The van der Waals surface area contributed by atoms with Crippen LogP contribution in [-0.4, -0.2) is 67.8 Å². The number of ether oxygens (including phenoxy) is 2. The molecule has 1 saturated carbocycles. The number of rotatable bonds is 10. The van der Waals surface area contributed by atoms with Gasteiger partial charge in [-0.1, -0.05) is 39.3 Å². The molecule has 2 aliphatic rings. The van der Waals surface area contributed by atoms with E-state index < -0.39 is 44.5 Å². The fourth-order valence-corrected chi connectivity index (χ4v) is 6.75. The van der Waals surface area contributed by atoms with Crippen molar-refractivity contribution < 1.29 is 33.5 Å². The minimum absolute atomic E-state index is 0.0531. The Kier molecular flexibility index (Phi) is 9.94. The summed E-state index contributed by atoms with van der Waals surface area (Å²) < 4.78 is 25.4. The van der Waals surface area contributed by atoms with Crippen molar-refractivity contribution in [3.8, 4) is 11.8 Å². The second-order valence-corrected chi connectivity index (χ2v) is 13.8. The first-order valence-corrected chi connectivity index (χ1v) is 16.3. The number of carbonyl (C=O) groups is 1. The highest BCUT2D eigenvalue weighted by atomic mass is 31.2. The third kappa shape index (κ3) is 7.07. The highest BCUT2D eigenvalue weighted by Gasteiger charge is 2.57. The first kappa shape index (κ1) is 33.0. The number of carbonyl (C=O) groups excluding carboxylic acids is 1. The van der Waals surface area contributed by atoms with Crippen LogP contribution in [0, 0.1) is 11.3 Å². The zero-order chi connectivity index (χ0) is 32.4. The summed E-state index contributed by atoms with van der Waals surface area (Å²) in [7, 11) is -1.98. The molecule has 0 bridgehead atoms. The molecule has 0 spiro atoms. The minimum Gasteiger partial charge on any atom is -0.461 e. The number of nitrogens with two attached hydrogens (primary N) is 1. The number of aromatic nitrogens is 3. The third-order valence-electron chi connectivity index (χ3n) is 8.24. The highest BCUT2D eigenvalue weighted by Crippen LogP contribution is 2.43. The lowest BCUT2D eigenvalue weighted by Crippen LogP contribution is -2.41. The van der Waals surface area contributed by atoms with Crippen molar-refractivity contribution in [2.24, 2.45) is 0 Å². The normalized spacial score (nSPS) is 25.5. The van der Waals surface area contributed by atoms with E-state index in [0.717, 1.165) is 37.7 Å². The molecule has 1 aliphatic carbocycles. The maximum absolute atomic E-state index is 13.0. The molecule has 2 fully saturated rings. The van der Waals surface area contributed by atoms with Crippen molar-refractivity contribution in [2.75, 3.05) is 12.3 Å². The molecule has 0 amide bonds. The second-order valence-electron chi connectivity index (χ2n) is 12.6. The standard InChI is InChI=1S/C31H41N6O7P/c1-19(29(40)42-21-8-6-5-7-9-21)36-45(44-22-12-10-20(11-13-22)30(2,3)4)41-16-24-26(38)27(39)31(17-32,43-24)25-15-14-23-28(33)34-18-35-37(23)25/h10-15,18-19,21,24,26-27,36,38-39H,5-9,16H2,1-4H3,(H2,33,34,35)/t19-,24+,26+,27+,31-,45?/m0/s1. The van der Waals surface area contributed by atoms with Crippen molar-refractivity contribution in [1.82, 2.24) is 19.7 Å². The van der Waals surface area contributed by atoms with Crippen LogP contribution in [0.15, 0.2) is 42.7 Å². The number of anilines is 1. The van der Waals surface area contributed by atoms with Crippen LogP contribution < -0.4 is 15.3 Å². The van der Waals surface area contributed by atoms with E-state index in [1.54, 1.807) is 19.1 Å². The van der Waals surface area contributed by atoms with Crippen LogP contribution in [0.25, 0.3) is 5.52 Å². The molecule has 3 aromatic rings. The van der Waals surface area contributed by atoms with Crippen LogP contribution in [-0.2, 0) is 29.8 Å². The molecular weight excluding hydrogens is 599 g/mol. The Morgan fingerprint density at radius 2 is 1.93 bits per heavy atom. The van der Waals surface area contributed by atoms with E-state index in [4.69, 9.17) is 24.3 Å². The van der Waals surface area contributed by atoms with Crippen LogP contribution >= 0.6 is 8.53 Å². The Morgan fingerprint density at radius 1 is 1.22 bits per heavy atom. The van der Waals surface area contributed by atoms with E-state index in [-0.39, 0.29) is 29.6 Å². The Balaban J connectivity index is 1.32. The summed E-state index contributed by atoms with van der Waals surface area (Å²) in [5.74, 6) is 0.269. The summed E-state index contributed by atoms with van der Waals surface area (Å²) in [6.45, 7) is 7.74. The van der Waals surface area contributed by atoms with E-state index >= 15 is 0 Å². The molecule has 242 valence electrons. The molecule has 13 nitrogen and oxygen atoms in total. The van der Waals surface area contributed by atoms with Gasteiger partial charge in [0.2, 0.25) is 5.60 Å². The number of nitriles is 1. The average molecular weight is 641 g/mol. The van der Waals surface area contributed by atoms with Gasteiger partial charge in [0.05, 0.1) is 12.3 Å². The smallest absolute Gasteiger partial charge is 0.323 e. The van der Waals surface area contributed by atoms with Crippen LogP contribution in [0.2, 0.25) is 0 Å². The summed E-state index contributed by atoms with van der Waals surface area (Å²) in [5, 5.41) is 39.6. The molecule has 1 unspecified atom stereocenters. The lowest BCUT2D eigenvalue weighted by Gasteiger charge is -2.27. The fourth-order valence-electron chi connectivity index (χ4n) is 5.55. The molecule has 0 radical (unpaired) electrons. The number of nitrogen functional groups attached to an aromatic ring is 1. The summed E-state index contributed by atoms with van der Waals surface area (Å²) in [5.41, 5.74) is 5.63. The molecule has 5 rings (SSSR count). The van der Waals surface area contributed by atoms with Crippen molar-refractivity contribution in [2.45, 2.75) is 101 Å². The van der Waals surface area contributed by atoms with E-state index in [0.29, 0.717) is 11.3 Å². The van der Waals surface area contributed by atoms with Crippen molar-refractivity contribution in [3.05, 3.63) is 54.0 Å². The Labute approximate surface area is 263 Å². The molecule has 3 heterocycles. The van der Waals surface area contributed by atoms with E-state index in [1.807, 2.05) is 30.3 Å². The SMILES string of the molecule is C[C@H](NP(OC[C@H]1O[C@@](C#N)(c2ccc3c(N)ncnn23)[C@H](O)[C@@H]1O)Oc1ccc(C(C)(C)C)cc1)C(=O)OC1CCCCC1. The first-order valence-electron chi connectivity index (χ1n) is 15.1. The van der Waals surface area contributed by atoms with Gasteiger partial charge >= 0.3 is 14.5 Å². The number of aliphatic hydroxyl groups excluding tert-OH is 2. The number of hydrogen-bond donors (Lipinski definition) is 4. The molecule has 1 aliphatic heterocycles. The maximum Gasteiger partial charge on any atom is 0.323 e. The zero-order valence-corrected chi connectivity index (χ0v) is 26.8. The van der Waals surface area contributed by atoms with E-state index in [2.05, 4.69) is 35.9 Å². The van der Waals surface area contributed by atoms with Crippen molar-refractivity contribution >= 4 is 25.8 Å². The summed E-state index contributed by atoms with van der Waals surface area (Å²) in [4.78, 5) is 16.9. The molecule has 45 heavy (non-hydrogen) atoms. The maximum atomic E-state index is 13.0. The van der Waals surface area contributed by atoms with Gasteiger partial charge in [0.1, 0.15) is 54.1 Å². The molecule has 5 N–H and O–H groups in total. The van der Waals surface area contributed by atoms with Gasteiger partial charge in [0, 0.05) is 0 Å². The van der Waals surface area contributed by atoms with Gasteiger partial charge in [-0.15, -0.1) is 0 Å². The Morgan fingerprint density at radius 3 is 2.60 bits per heavy atom. The van der Waals surface area contributed by atoms with Gasteiger partial charge in [-0.05, 0) is 67.9 Å². The molecular formula is C31H41N6O7P. The largest absolute Gasteiger partial charge is 0.461 e. The van der Waals surface area contributed by atoms with Gasteiger partial charge in [-0.2, -0.15) is 10.4 Å². The number of hydrogen-bond acceptors (Lipinski definition) is 12. The van der Waals surface area contributed by atoms with Crippen LogP contribution in [0.4, 0.5) is 5.82 Å². The number of fused-ring (bicyclic) bond motifs is 1. The van der Waals surface area contributed by atoms with Gasteiger partial charge in [0.15, 0.2) is 5.82 Å². The van der Waals surface area contributed by atoms with Gasteiger partial charge < -0.3 is 34.5 Å². The Bertz CT molecular complexity index is 1520. The van der Waals surface area contributed by atoms with Gasteiger partial charge in [-0.3, -0.25) is 4.79 Å². The monoisotopic (exact) mass is 640 g/mol. The van der Waals surface area contributed by atoms with Crippen LogP contribution in [0.1, 0.15) is 71.1 Å². The number of nitrogens with zero attached hydrogens (tertiary/aromatic N) is 4. The molecule has 6 atom stereocenters. The summed E-state index contributed by atoms with van der Waals surface area (Å²) >= 11 is 0. The van der Waals surface area contributed by atoms with Crippen LogP contribution in [0.3, 0.4) is 0 Å². The summed E-state index contributed by atoms with van der Waals surface area (Å²) in [6.07, 6.45) is 1.73. The molecule has 14 heteroatoms. The number of esters is 1. The van der Waals surface area contributed by atoms with E-state index in [1.165, 1.54) is 10.8 Å². The Hall–Kier alpha value is -3.37. The minimum atomic E-state index is -1.98. The second kappa shape index (κ2) is 13.5. The third-order valence-corrected chi connectivity index (χ3v) is 9.60. The van der Waals surface area contributed by atoms with Crippen molar-refractivity contribution in [3.63, 3.8) is 0 Å². The first-order chi connectivity index (χ1) is 21.4. The molecule has 2 aromatic heterocycles. The summed E-state index contributed by atoms with van der Waals surface area (Å²) in [6, 6.07) is 12.0. The van der Waals surface area contributed by atoms with Crippen LogP contribution in [0.5, 0.6) is 5.75 Å². The van der Waals surface area contributed by atoms with Crippen molar-refractivity contribution in [1.29, 1.82) is 5.26 Å². The average Bonchev–Trinajstić information content (AvgIpc) is 3.56. The van der Waals surface area contributed by atoms with Gasteiger partial charge in [0.25, 0.3) is 0 Å². The quantitative estimate of drug-likeness (QED) is 0.187. The molecule has 1 saturated heterocycles.